The van der Waals surface area contributed by atoms with E-state index >= 15 is 0 Å². The van der Waals surface area contributed by atoms with Crippen molar-refractivity contribution in [3.05, 3.63) is 0 Å². The Kier molecular flexibility index (Phi) is 15.5. The van der Waals surface area contributed by atoms with Crippen LogP contribution in [-0.4, -0.2) is 48.1 Å². The lowest BCUT2D eigenvalue weighted by molar-refractivity contribution is -0.148. The van der Waals surface area contributed by atoms with Gasteiger partial charge in [0, 0.05) is 5.54 Å². The van der Waals surface area contributed by atoms with Gasteiger partial charge in [-0.2, -0.15) is 40.5 Å². The van der Waals surface area contributed by atoms with Gasteiger partial charge in [0.2, 0.25) is 5.91 Å². The number of hydrogen-bond donors (Lipinski definition) is 1. The lowest BCUT2D eigenvalue weighted by Gasteiger charge is -2.37. The number of amides is 1. The fourth-order valence-electron chi connectivity index (χ4n) is 3.56. The second-order valence-electron chi connectivity index (χ2n) is 8.21. The Morgan fingerprint density at radius 1 is 1.15 bits per heavy atom. The third-order valence-corrected chi connectivity index (χ3v) is 4.27. The average Bonchev–Trinajstić information content (AvgIpc) is 2.83. The molecule has 1 N–H and O–H groups in total. The highest BCUT2D eigenvalue weighted by atomic mass is 32.1. The number of esters is 1. The van der Waals surface area contributed by atoms with Crippen LogP contribution >= 0.6 is 40.5 Å². The van der Waals surface area contributed by atoms with E-state index in [9.17, 15) is 9.59 Å². The molecule has 0 radical (unpaired) electrons. The van der Waals surface area contributed by atoms with E-state index in [0.29, 0.717) is 5.92 Å². The third kappa shape index (κ3) is 9.24. The van der Waals surface area contributed by atoms with Crippen LogP contribution in [0.25, 0.3) is 0 Å². The van der Waals surface area contributed by atoms with Gasteiger partial charge in [0.05, 0.1) is 13.2 Å². The smallest absolute Gasteiger partial charge is 0.323 e. The van der Waals surface area contributed by atoms with E-state index in [0.717, 1.165) is 25.8 Å². The fraction of sp³-hybridized carbons (Fsp3) is 0.889. The summed E-state index contributed by atoms with van der Waals surface area (Å²) in [6.07, 6.45) is 2.64. The molecular formula is C18H40N2O3S3. The summed E-state index contributed by atoms with van der Waals surface area (Å²) in [6, 6.07) is -0.589. The van der Waals surface area contributed by atoms with Crippen molar-refractivity contribution in [2.45, 2.75) is 78.4 Å². The summed E-state index contributed by atoms with van der Waals surface area (Å²) in [6.45, 7) is 13.2. The highest BCUT2D eigenvalue weighted by Crippen LogP contribution is 2.28. The Morgan fingerprint density at radius 2 is 1.69 bits per heavy atom. The van der Waals surface area contributed by atoms with Crippen LogP contribution in [0.3, 0.4) is 0 Å². The molecule has 0 spiro atoms. The Balaban J connectivity index is -0.00000176. The second-order valence-corrected chi connectivity index (χ2v) is 8.21. The quantitative estimate of drug-likeness (QED) is 0.661. The van der Waals surface area contributed by atoms with Gasteiger partial charge in [0.25, 0.3) is 0 Å². The normalized spacial score (nSPS) is 19.5. The molecule has 26 heavy (non-hydrogen) atoms. The van der Waals surface area contributed by atoms with Crippen LogP contribution in [0.5, 0.6) is 0 Å². The average molecular weight is 429 g/mol. The second kappa shape index (κ2) is 13.2. The summed E-state index contributed by atoms with van der Waals surface area (Å²) >= 11 is 0. The third-order valence-electron chi connectivity index (χ3n) is 4.27. The van der Waals surface area contributed by atoms with Crippen LogP contribution in [0.15, 0.2) is 0 Å². The summed E-state index contributed by atoms with van der Waals surface area (Å²) in [5.74, 6) is 0.478. The van der Waals surface area contributed by atoms with Gasteiger partial charge in [-0.3, -0.25) is 14.5 Å². The molecule has 158 valence electrons. The van der Waals surface area contributed by atoms with Gasteiger partial charge in [0.1, 0.15) is 6.04 Å². The molecule has 1 heterocycles. The lowest BCUT2D eigenvalue weighted by Crippen LogP contribution is -2.57. The topological polar surface area (TPSA) is 58.6 Å². The summed E-state index contributed by atoms with van der Waals surface area (Å²) in [7, 11) is 1.42. The van der Waals surface area contributed by atoms with Crippen molar-refractivity contribution in [2.75, 3.05) is 13.7 Å². The summed E-state index contributed by atoms with van der Waals surface area (Å²) in [5, 5.41) is 3.10. The van der Waals surface area contributed by atoms with Crippen LogP contribution in [0.4, 0.5) is 0 Å². The van der Waals surface area contributed by atoms with Crippen molar-refractivity contribution in [3.63, 3.8) is 0 Å². The number of carbonyl (C=O) groups excluding carboxylic acids is 2. The van der Waals surface area contributed by atoms with Crippen LogP contribution in [0.1, 0.15) is 60.8 Å². The molecule has 0 bridgehead atoms. The van der Waals surface area contributed by atoms with Crippen molar-refractivity contribution in [1.82, 2.24) is 10.2 Å². The molecule has 1 aliphatic rings. The molecule has 0 aromatic carbocycles. The molecule has 0 aromatic heterocycles. The maximum Gasteiger partial charge on any atom is 0.323 e. The van der Waals surface area contributed by atoms with Crippen molar-refractivity contribution >= 4 is 52.4 Å². The fourth-order valence-corrected chi connectivity index (χ4v) is 3.56. The first-order valence-corrected chi connectivity index (χ1v) is 8.72. The van der Waals surface area contributed by atoms with E-state index in [1.165, 1.54) is 7.11 Å². The Bertz CT molecular complexity index is 428. The number of rotatable bonds is 6. The van der Waals surface area contributed by atoms with Crippen molar-refractivity contribution in [1.29, 1.82) is 0 Å². The molecule has 1 aliphatic heterocycles. The van der Waals surface area contributed by atoms with E-state index in [-0.39, 0.29) is 75.9 Å². The van der Waals surface area contributed by atoms with Gasteiger partial charge in [-0.1, -0.05) is 20.8 Å². The molecule has 5 nitrogen and oxygen atoms in total. The predicted octanol–water partition coefficient (Wildman–Crippen LogP) is 2.93. The first-order valence-electron chi connectivity index (χ1n) is 8.72. The molecular weight excluding hydrogens is 388 g/mol. The number of methoxy groups -OCH3 is 1. The minimum absolute atomic E-state index is 0. The number of likely N-dealkylation sites (tertiary alicyclic amines) is 1. The lowest BCUT2D eigenvalue weighted by atomic mass is 9.89. The van der Waals surface area contributed by atoms with E-state index < -0.39 is 0 Å². The van der Waals surface area contributed by atoms with Gasteiger partial charge >= 0.3 is 5.97 Å². The maximum atomic E-state index is 12.9. The Labute approximate surface area is 180 Å². The van der Waals surface area contributed by atoms with Crippen molar-refractivity contribution in [2.24, 2.45) is 11.8 Å². The van der Waals surface area contributed by atoms with Gasteiger partial charge in [-0.15, -0.1) is 0 Å². The van der Waals surface area contributed by atoms with Gasteiger partial charge < -0.3 is 10.1 Å². The molecule has 3 atom stereocenters. The number of ether oxygens (including phenoxy) is 1. The van der Waals surface area contributed by atoms with Gasteiger partial charge in [-0.05, 0) is 58.4 Å². The summed E-state index contributed by atoms with van der Waals surface area (Å²) < 4.78 is 4.94. The largest absolute Gasteiger partial charge is 0.468 e. The molecule has 8 heteroatoms. The molecule has 0 saturated carbocycles. The first-order chi connectivity index (χ1) is 10.6. The zero-order chi connectivity index (χ0) is 17.8. The zero-order valence-corrected chi connectivity index (χ0v) is 20.3. The SMILES string of the molecule is COC(=O)[C@@H]1CCCN1[C@H](C(=O)NC(C)(C)C)[C@@H](C)CC(C)C.S.S.S. The molecule has 1 saturated heterocycles. The van der Waals surface area contributed by atoms with Crippen LogP contribution < -0.4 is 5.32 Å². The van der Waals surface area contributed by atoms with E-state index in [1.54, 1.807) is 0 Å². The highest BCUT2D eigenvalue weighted by Gasteiger charge is 2.42. The van der Waals surface area contributed by atoms with Crippen molar-refractivity contribution < 1.29 is 14.3 Å². The van der Waals surface area contributed by atoms with E-state index in [4.69, 9.17) is 4.74 Å². The van der Waals surface area contributed by atoms with E-state index in [1.807, 2.05) is 20.8 Å². The predicted molar refractivity (Wildman–Crippen MR) is 123 cm³/mol. The highest BCUT2D eigenvalue weighted by molar-refractivity contribution is 7.59. The molecule has 1 rings (SSSR count). The maximum absolute atomic E-state index is 12.9. The van der Waals surface area contributed by atoms with Crippen LogP contribution in [0, 0.1) is 11.8 Å². The van der Waals surface area contributed by atoms with Gasteiger partial charge in [-0.25, -0.2) is 0 Å². The van der Waals surface area contributed by atoms with E-state index in [2.05, 4.69) is 31.0 Å². The van der Waals surface area contributed by atoms with Crippen LogP contribution in [-0.2, 0) is 14.3 Å². The van der Waals surface area contributed by atoms with Gasteiger partial charge in [0.15, 0.2) is 0 Å². The minimum atomic E-state index is -0.301. The molecule has 1 amide bonds. The standard InChI is InChI=1S/C18H34N2O3.3H2S/c1-12(2)11-13(3)15(16(21)19-18(4,5)6)20-10-8-9-14(20)17(22)23-7;;;/h12-15H,8-11H2,1-7H3,(H,19,21);3*1H2/t13-,14-,15-;;;/m0.../s1. The molecule has 0 aliphatic carbocycles. The molecule has 1 fully saturated rings. The number of nitrogens with zero attached hydrogens (tertiary/aromatic N) is 1. The van der Waals surface area contributed by atoms with Crippen molar-refractivity contribution in [3.8, 4) is 0 Å². The number of carbonyl (C=O) groups is 2. The monoisotopic (exact) mass is 428 g/mol. The molecule has 0 aromatic rings. The summed E-state index contributed by atoms with van der Waals surface area (Å²) in [5.41, 5.74) is -0.284. The van der Waals surface area contributed by atoms with Crippen LogP contribution in [0.2, 0.25) is 0 Å². The zero-order valence-electron chi connectivity index (χ0n) is 17.3. The Hall–Kier alpha value is -0.0500. The minimum Gasteiger partial charge on any atom is -0.468 e. The summed E-state index contributed by atoms with van der Waals surface area (Å²) in [4.78, 5) is 27.1. The molecule has 0 unspecified atom stereocenters. The number of hydrogen-bond acceptors (Lipinski definition) is 4. The number of nitrogens with one attached hydrogen (secondary N) is 1. The first kappa shape index (κ1) is 30.7. The Morgan fingerprint density at radius 3 is 2.12 bits per heavy atom.